The van der Waals surface area contributed by atoms with Crippen LogP contribution < -0.4 is 14.2 Å². The van der Waals surface area contributed by atoms with Gasteiger partial charge in [0.15, 0.2) is 5.78 Å². The number of benzene rings is 2. The molecule has 0 aliphatic rings. The van der Waals surface area contributed by atoms with E-state index in [9.17, 15) is 4.79 Å². The molecule has 130 valence electrons. The van der Waals surface area contributed by atoms with Gasteiger partial charge in [-0.3, -0.25) is 4.79 Å². The third-order valence-electron chi connectivity index (χ3n) is 3.75. The van der Waals surface area contributed by atoms with E-state index in [0.717, 1.165) is 16.9 Å². The Morgan fingerprint density at radius 1 is 1.08 bits per heavy atom. The van der Waals surface area contributed by atoms with Crippen molar-refractivity contribution in [2.75, 3.05) is 20.8 Å². The second-order valence-corrected chi connectivity index (χ2v) is 5.37. The van der Waals surface area contributed by atoms with E-state index in [4.69, 9.17) is 14.2 Å². The van der Waals surface area contributed by atoms with Gasteiger partial charge in [-0.15, -0.1) is 0 Å². The van der Waals surface area contributed by atoms with E-state index in [1.807, 2.05) is 19.1 Å². The molecule has 0 bridgehead atoms. The first kappa shape index (κ1) is 18.3. The van der Waals surface area contributed by atoms with Crippen LogP contribution in [0.15, 0.2) is 55.1 Å². The Bertz CT molecular complexity index is 773. The number of ether oxygens (including phenoxy) is 3. The van der Waals surface area contributed by atoms with Crippen molar-refractivity contribution in [3.05, 3.63) is 71.8 Å². The molecule has 0 saturated carbocycles. The van der Waals surface area contributed by atoms with Crippen molar-refractivity contribution in [1.82, 2.24) is 0 Å². The van der Waals surface area contributed by atoms with Crippen LogP contribution in [0, 0.1) is 6.92 Å². The van der Waals surface area contributed by atoms with Crippen LogP contribution in [-0.2, 0) is 0 Å². The average molecular weight is 338 g/mol. The fourth-order valence-electron chi connectivity index (χ4n) is 2.32. The Kier molecular flexibility index (Phi) is 6.40. The highest BCUT2D eigenvalue weighted by molar-refractivity contribution is 6.07. The molecule has 0 aliphatic carbocycles. The molecule has 0 heterocycles. The van der Waals surface area contributed by atoms with Crippen LogP contribution in [0.1, 0.15) is 21.5 Å². The van der Waals surface area contributed by atoms with Crippen LogP contribution in [0.5, 0.6) is 17.2 Å². The van der Waals surface area contributed by atoms with Crippen LogP contribution in [0.25, 0.3) is 6.08 Å². The van der Waals surface area contributed by atoms with Gasteiger partial charge in [0.05, 0.1) is 14.2 Å². The standard InChI is InChI=1S/C21H22O4/c1-5-12-25-18-9-6-16(7-10-18)20(22)11-8-17-13-19(23-3)14-21(24-4)15(17)2/h5-11,13-14H,1,12H2,2-4H3/b11-8+. The Morgan fingerprint density at radius 2 is 1.80 bits per heavy atom. The van der Waals surface area contributed by atoms with Gasteiger partial charge in [0, 0.05) is 11.6 Å². The number of rotatable bonds is 8. The first-order valence-electron chi connectivity index (χ1n) is 7.87. The van der Waals surface area contributed by atoms with Gasteiger partial charge in [-0.2, -0.15) is 0 Å². The zero-order chi connectivity index (χ0) is 18.2. The van der Waals surface area contributed by atoms with E-state index in [1.54, 1.807) is 56.7 Å². The Hall–Kier alpha value is -3.01. The number of methoxy groups -OCH3 is 2. The third-order valence-corrected chi connectivity index (χ3v) is 3.75. The van der Waals surface area contributed by atoms with Crippen molar-refractivity contribution in [2.45, 2.75) is 6.92 Å². The normalized spacial score (nSPS) is 10.5. The third kappa shape index (κ3) is 4.73. The minimum Gasteiger partial charge on any atom is -0.497 e. The van der Waals surface area contributed by atoms with Gasteiger partial charge in [0.25, 0.3) is 0 Å². The van der Waals surface area contributed by atoms with E-state index >= 15 is 0 Å². The summed E-state index contributed by atoms with van der Waals surface area (Å²) in [6.45, 7) is 5.97. The van der Waals surface area contributed by atoms with Crippen molar-refractivity contribution >= 4 is 11.9 Å². The van der Waals surface area contributed by atoms with Crippen LogP contribution in [0.4, 0.5) is 0 Å². The summed E-state index contributed by atoms with van der Waals surface area (Å²) >= 11 is 0. The molecular weight excluding hydrogens is 316 g/mol. The first-order valence-corrected chi connectivity index (χ1v) is 7.87. The second-order valence-electron chi connectivity index (χ2n) is 5.37. The molecule has 25 heavy (non-hydrogen) atoms. The summed E-state index contributed by atoms with van der Waals surface area (Å²) in [6, 6.07) is 10.7. The highest BCUT2D eigenvalue weighted by Crippen LogP contribution is 2.29. The summed E-state index contributed by atoms with van der Waals surface area (Å²) in [4.78, 5) is 12.4. The highest BCUT2D eigenvalue weighted by Gasteiger charge is 2.08. The summed E-state index contributed by atoms with van der Waals surface area (Å²) < 4.78 is 16.0. The number of carbonyl (C=O) groups is 1. The molecule has 0 aromatic heterocycles. The van der Waals surface area contributed by atoms with Gasteiger partial charge in [-0.25, -0.2) is 0 Å². The summed E-state index contributed by atoms with van der Waals surface area (Å²) in [5.74, 6) is 2.01. The lowest BCUT2D eigenvalue weighted by atomic mass is 10.0. The quantitative estimate of drug-likeness (QED) is 0.405. The zero-order valence-electron chi connectivity index (χ0n) is 14.7. The highest BCUT2D eigenvalue weighted by atomic mass is 16.5. The molecule has 0 N–H and O–H groups in total. The SMILES string of the molecule is C=CCOc1ccc(C(=O)/C=C/c2cc(OC)cc(OC)c2C)cc1. The lowest BCUT2D eigenvalue weighted by Crippen LogP contribution is -1.97. The molecule has 0 spiro atoms. The summed E-state index contributed by atoms with van der Waals surface area (Å²) in [5.41, 5.74) is 2.41. The van der Waals surface area contributed by atoms with Crippen LogP contribution in [-0.4, -0.2) is 26.6 Å². The predicted octanol–water partition coefficient (Wildman–Crippen LogP) is 4.47. The zero-order valence-corrected chi connectivity index (χ0v) is 14.7. The van der Waals surface area contributed by atoms with Gasteiger partial charge in [0.1, 0.15) is 23.9 Å². The van der Waals surface area contributed by atoms with Crippen molar-refractivity contribution in [3.8, 4) is 17.2 Å². The minimum atomic E-state index is -0.0866. The van der Waals surface area contributed by atoms with E-state index in [1.165, 1.54) is 0 Å². The number of hydrogen-bond acceptors (Lipinski definition) is 4. The number of allylic oxidation sites excluding steroid dienone is 1. The fraction of sp³-hybridized carbons (Fsp3) is 0.190. The largest absolute Gasteiger partial charge is 0.497 e. The fourth-order valence-corrected chi connectivity index (χ4v) is 2.32. The number of carbonyl (C=O) groups excluding carboxylic acids is 1. The molecular formula is C21H22O4. The minimum absolute atomic E-state index is 0.0866. The molecule has 0 amide bonds. The predicted molar refractivity (Wildman–Crippen MR) is 99.8 cm³/mol. The van der Waals surface area contributed by atoms with E-state index in [2.05, 4.69) is 6.58 Å². The molecule has 2 aromatic carbocycles. The monoisotopic (exact) mass is 338 g/mol. The summed E-state index contributed by atoms with van der Waals surface area (Å²) in [5, 5.41) is 0. The van der Waals surface area contributed by atoms with Gasteiger partial charge < -0.3 is 14.2 Å². The van der Waals surface area contributed by atoms with Crippen molar-refractivity contribution in [1.29, 1.82) is 0 Å². The van der Waals surface area contributed by atoms with Gasteiger partial charge in [0.2, 0.25) is 0 Å². The lowest BCUT2D eigenvalue weighted by Gasteiger charge is -2.10. The molecule has 2 rings (SSSR count). The molecule has 0 radical (unpaired) electrons. The maximum atomic E-state index is 12.4. The number of ketones is 1. The first-order chi connectivity index (χ1) is 12.1. The molecule has 0 atom stereocenters. The topological polar surface area (TPSA) is 44.8 Å². The Labute approximate surface area is 148 Å². The van der Waals surface area contributed by atoms with Crippen LogP contribution in [0.3, 0.4) is 0 Å². The van der Waals surface area contributed by atoms with Gasteiger partial charge in [-0.05, 0) is 54.5 Å². The molecule has 4 heteroatoms. The number of hydrogen-bond donors (Lipinski definition) is 0. The molecule has 0 unspecified atom stereocenters. The summed E-state index contributed by atoms with van der Waals surface area (Å²) in [6.07, 6.45) is 4.98. The lowest BCUT2D eigenvalue weighted by molar-refractivity contribution is 0.104. The maximum absolute atomic E-state index is 12.4. The van der Waals surface area contributed by atoms with E-state index in [0.29, 0.717) is 23.7 Å². The second kappa shape index (κ2) is 8.73. The smallest absolute Gasteiger partial charge is 0.185 e. The molecule has 0 saturated heterocycles. The van der Waals surface area contributed by atoms with Crippen molar-refractivity contribution < 1.29 is 19.0 Å². The van der Waals surface area contributed by atoms with Crippen LogP contribution in [0.2, 0.25) is 0 Å². The Morgan fingerprint density at radius 3 is 2.40 bits per heavy atom. The molecule has 2 aromatic rings. The molecule has 0 aliphatic heterocycles. The van der Waals surface area contributed by atoms with Gasteiger partial charge >= 0.3 is 0 Å². The van der Waals surface area contributed by atoms with Crippen molar-refractivity contribution in [3.63, 3.8) is 0 Å². The van der Waals surface area contributed by atoms with Gasteiger partial charge in [-0.1, -0.05) is 18.7 Å². The van der Waals surface area contributed by atoms with Crippen molar-refractivity contribution in [2.24, 2.45) is 0 Å². The maximum Gasteiger partial charge on any atom is 0.185 e. The van der Waals surface area contributed by atoms with E-state index in [-0.39, 0.29) is 5.78 Å². The Balaban J connectivity index is 2.18. The van der Waals surface area contributed by atoms with E-state index < -0.39 is 0 Å². The molecule has 0 fully saturated rings. The van der Waals surface area contributed by atoms with Crippen LogP contribution >= 0.6 is 0 Å². The molecule has 4 nitrogen and oxygen atoms in total. The summed E-state index contributed by atoms with van der Waals surface area (Å²) in [7, 11) is 3.20. The average Bonchev–Trinajstić information content (AvgIpc) is 2.65.